The third-order valence-electron chi connectivity index (χ3n) is 6.90. The maximum atomic E-state index is 12.1. The van der Waals surface area contributed by atoms with Gasteiger partial charge in [0.25, 0.3) is 0 Å². The summed E-state index contributed by atoms with van der Waals surface area (Å²) < 4.78 is 11.0. The summed E-state index contributed by atoms with van der Waals surface area (Å²) in [6.07, 6.45) is 53.1. The van der Waals surface area contributed by atoms with E-state index in [2.05, 4.69) is 111 Å². The zero-order valence-electron chi connectivity index (χ0n) is 28.8. The fraction of sp³-hybridized carbons (Fsp3) is 0.585. The van der Waals surface area contributed by atoms with E-state index in [-0.39, 0.29) is 19.2 Å². The first kappa shape index (κ1) is 42.3. The monoisotopic (exact) mass is 622 g/mol. The van der Waals surface area contributed by atoms with Crippen molar-refractivity contribution in [2.45, 2.75) is 136 Å². The largest absolute Gasteiger partial charge is 0.457 e. The molecule has 0 fully saturated rings. The van der Waals surface area contributed by atoms with Crippen LogP contribution in [0.4, 0.5) is 0 Å². The van der Waals surface area contributed by atoms with Gasteiger partial charge in [-0.3, -0.25) is 4.79 Å². The van der Waals surface area contributed by atoms with Gasteiger partial charge in [-0.1, -0.05) is 137 Å². The Morgan fingerprint density at radius 1 is 0.533 bits per heavy atom. The van der Waals surface area contributed by atoms with Gasteiger partial charge in [0.15, 0.2) is 0 Å². The van der Waals surface area contributed by atoms with Crippen LogP contribution in [-0.4, -0.2) is 37.0 Å². The van der Waals surface area contributed by atoms with Gasteiger partial charge in [0, 0.05) is 13.0 Å². The molecule has 254 valence electrons. The molecule has 0 saturated carbocycles. The molecule has 0 aliphatic heterocycles. The van der Waals surface area contributed by atoms with Crippen molar-refractivity contribution in [3.63, 3.8) is 0 Å². The first-order chi connectivity index (χ1) is 22.2. The topological polar surface area (TPSA) is 55.8 Å². The van der Waals surface area contributed by atoms with E-state index in [1.165, 1.54) is 25.7 Å². The second kappa shape index (κ2) is 37.5. The lowest BCUT2D eigenvalue weighted by molar-refractivity contribution is -0.154. The van der Waals surface area contributed by atoms with Crippen LogP contribution in [0.25, 0.3) is 0 Å². The summed E-state index contributed by atoms with van der Waals surface area (Å²) in [5.74, 6) is -0.267. The number of unbranched alkanes of at least 4 members (excludes halogenated alkanes) is 7. The number of carbonyl (C=O) groups excluding carboxylic acids is 1. The number of allylic oxidation sites excluding steroid dienone is 16. The second-order valence-electron chi connectivity index (χ2n) is 11.2. The molecule has 0 rings (SSSR count). The zero-order chi connectivity index (χ0) is 32.7. The van der Waals surface area contributed by atoms with Crippen molar-refractivity contribution in [2.24, 2.45) is 0 Å². The third kappa shape index (κ3) is 35.7. The van der Waals surface area contributed by atoms with Gasteiger partial charge in [-0.25, -0.2) is 0 Å². The summed E-state index contributed by atoms with van der Waals surface area (Å²) in [7, 11) is 0. The predicted molar refractivity (Wildman–Crippen MR) is 195 cm³/mol. The molecular formula is C41H66O4. The van der Waals surface area contributed by atoms with Crippen LogP contribution >= 0.6 is 0 Å². The molecule has 0 aromatic rings. The van der Waals surface area contributed by atoms with E-state index in [4.69, 9.17) is 9.47 Å². The van der Waals surface area contributed by atoms with Crippen molar-refractivity contribution in [2.75, 3.05) is 19.8 Å². The third-order valence-corrected chi connectivity index (χ3v) is 6.90. The van der Waals surface area contributed by atoms with E-state index in [1.54, 1.807) is 0 Å². The molecule has 1 atom stereocenters. The molecule has 0 spiro atoms. The summed E-state index contributed by atoms with van der Waals surface area (Å²) in [5, 5.41) is 9.54. The lowest BCUT2D eigenvalue weighted by Gasteiger charge is -2.15. The average Bonchev–Trinajstić information content (AvgIpc) is 3.05. The van der Waals surface area contributed by atoms with Crippen molar-refractivity contribution in [1.29, 1.82) is 0 Å². The van der Waals surface area contributed by atoms with Crippen LogP contribution in [0.5, 0.6) is 0 Å². The van der Waals surface area contributed by atoms with E-state index in [9.17, 15) is 9.90 Å². The van der Waals surface area contributed by atoms with Crippen LogP contribution < -0.4 is 0 Å². The van der Waals surface area contributed by atoms with Crippen molar-refractivity contribution in [3.8, 4) is 0 Å². The van der Waals surface area contributed by atoms with Gasteiger partial charge < -0.3 is 14.6 Å². The predicted octanol–water partition coefficient (Wildman–Crippen LogP) is 11.4. The molecule has 0 amide bonds. The minimum absolute atomic E-state index is 0.207. The second-order valence-corrected chi connectivity index (χ2v) is 11.2. The number of hydrogen-bond donors (Lipinski definition) is 1. The number of ether oxygens (including phenoxy) is 2. The highest BCUT2D eigenvalue weighted by molar-refractivity contribution is 5.69. The number of aliphatic hydroxyl groups excluding tert-OH is 1. The van der Waals surface area contributed by atoms with Crippen LogP contribution in [0, 0.1) is 0 Å². The highest BCUT2D eigenvalue weighted by atomic mass is 16.6. The summed E-state index contributed by atoms with van der Waals surface area (Å²) >= 11 is 0. The molecule has 0 aliphatic carbocycles. The molecule has 0 heterocycles. The molecule has 4 heteroatoms. The van der Waals surface area contributed by atoms with Crippen LogP contribution in [0.1, 0.15) is 129 Å². The van der Waals surface area contributed by atoms with Crippen molar-refractivity contribution in [1.82, 2.24) is 0 Å². The average molecular weight is 623 g/mol. The molecule has 0 aromatic carbocycles. The lowest BCUT2D eigenvalue weighted by Crippen LogP contribution is -2.27. The molecule has 0 aromatic heterocycles. The summed E-state index contributed by atoms with van der Waals surface area (Å²) in [4.78, 5) is 12.1. The van der Waals surface area contributed by atoms with E-state index >= 15 is 0 Å². The van der Waals surface area contributed by atoms with E-state index in [0.717, 1.165) is 83.5 Å². The van der Waals surface area contributed by atoms with Gasteiger partial charge in [-0.15, -0.1) is 0 Å². The number of esters is 1. The fourth-order valence-corrected chi connectivity index (χ4v) is 4.32. The minimum Gasteiger partial charge on any atom is -0.457 e. The molecule has 0 saturated heterocycles. The molecule has 1 N–H and O–H groups in total. The van der Waals surface area contributed by atoms with Gasteiger partial charge in [-0.2, -0.15) is 0 Å². The normalized spacial score (nSPS) is 13.6. The van der Waals surface area contributed by atoms with Gasteiger partial charge in [0.05, 0.1) is 13.2 Å². The number of hydrogen-bond acceptors (Lipinski definition) is 4. The first-order valence-electron chi connectivity index (χ1n) is 17.8. The Morgan fingerprint density at radius 3 is 1.40 bits per heavy atom. The first-order valence-corrected chi connectivity index (χ1v) is 17.8. The highest BCUT2D eigenvalue weighted by Crippen LogP contribution is 2.09. The SMILES string of the molecule is CC/C=C\C/C=C\C/C=C\C/C=C\C/C=C\CCCC(=O)OC(CO)COCCCCCCCC/C=C\C/C=C\C/C=C\CC. The smallest absolute Gasteiger partial charge is 0.306 e. The van der Waals surface area contributed by atoms with Crippen LogP contribution in [0.3, 0.4) is 0 Å². The van der Waals surface area contributed by atoms with E-state index in [1.807, 2.05) is 0 Å². The summed E-state index contributed by atoms with van der Waals surface area (Å²) in [5.41, 5.74) is 0. The van der Waals surface area contributed by atoms with Gasteiger partial charge >= 0.3 is 5.97 Å². The van der Waals surface area contributed by atoms with Crippen molar-refractivity contribution < 1.29 is 19.4 Å². The Balaban J connectivity index is 3.63. The summed E-state index contributed by atoms with van der Waals surface area (Å²) in [6, 6.07) is 0. The van der Waals surface area contributed by atoms with Gasteiger partial charge in [0.1, 0.15) is 6.10 Å². The van der Waals surface area contributed by atoms with Crippen LogP contribution in [-0.2, 0) is 14.3 Å². The van der Waals surface area contributed by atoms with E-state index in [0.29, 0.717) is 13.0 Å². The quantitative estimate of drug-likeness (QED) is 0.0475. The molecule has 4 nitrogen and oxygen atoms in total. The number of carbonyl (C=O) groups is 1. The zero-order valence-corrected chi connectivity index (χ0v) is 28.8. The molecule has 0 radical (unpaired) electrons. The van der Waals surface area contributed by atoms with Crippen molar-refractivity contribution >= 4 is 5.97 Å². The molecule has 0 aliphatic rings. The highest BCUT2D eigenvalue weighted by Gasteiger charge is 2.13. The maximum Gasteiger partial charge on any atom is 0.306 e. The molecular weight excluding hydrogens is 556 g/mol. The Labute approximate surface area is 277 Å². The molecule has 1 unspecified atom stereocenters. The molecule has 0 bridgehead atoms. The standard InChI is InChI=1S/C41H66O4/c1-3-5-7-9-11-13-15-17-19-21-22-24-26-28-30-32-34-36-41(43)45-40(38-42)39-44-37-35-33-31-29-27-25-23-20-18-16-14-12-10-8-6-4-2/h5-8,11-14,17-20,22,24,28,30,40,42H,3-4,9-10,15-16,21,23,25-27,29,31-39H2,1-2H3/b7-5-,8-6-,13-11-,14-12-,19-17-,20-18-,24-22-,30-28-. The van der Waals surface area contributed by atoms with Gasteiger partial charge in [0.2, 0.25) is 0 Å². The van der Waals surface area contributed by atoms with E-state index < -0.39 is 6.10 Å². The summed E-state index contributed by atoms with van der Waals surface area (Å²) in [6.45, 7) is 5.00. The minimum atomic E-state index is -0.576. The Morgan fingerprint density at radius 2 is 0.933 bits per heavy atom. The Kier molecular flexibility index (Phi) is 35.3. The number of aliphatic hydroxyl groups is 1. The number of rotatable bonds is 31. The van der Waals surface area contributed by atoms with Crippen LogP contribution in [0.2, 0.25) is 0 Å². The Bertz CT molecular complexity index is 872. The van der Waals surface area contributed by atoms with Gasteiger partial charge in [-0.05, 0) is 83.5 Å². The maximum absolute atomic E-state index is 12.1. The van der Waals surface area contributed by atoms with Crippen LogP contribution in [0.15, 0.2) is 97.2 Å². The molecule has 45 heavy (non-hydrogen) atoms. The lowest BCUT2D eigenvalue weighted by atomic mass is 10.1. The fourth-order valence-electron chi connectivity index (χ4n) is 4.32. The Hall–Kier alpha value is -2.69. The van der Waals surface area contributed by atoms with Crippen molar-refractivity contribution in [3.05, 3.63) is 97.2 Å².